The van der Waals surface area contributed by atoms with Crippen LogP contribution >= 0.6 is 0 Å². The van der Waals surface area contributed by atoms with Gasteiger partial charge in [-0.15, -0.1) is 0 Å². The predicted octanol–water partition coefficient (Wildman–Crippen LogP) is 4.95. The van der Waals surface area contributed by atoms with E-state index in [0.717, 1.165) is 30.0 Å². The van der Waals surface area contributed by atoms with Crippen molar-refractivity contribution < 1.29 is 4.74 Å². The Kier molecular flexibility index (Phi) is 4.42. The highest BCUT2D eigenvalue weighted by atomic mass is 16.5. The summed E-state index contributed by atoms with van der Waals surface area (Å²) in [6.45, 7) is 7.66. The quantitative estimate of drug-likeness (QED) is 0.717. The van der Waals surface area contributed by atoms with Gasteiger partial charge in [0.15, 0.2) is 0 Å². The number of hydrogen-bond donors (Lipinski definition) is 1. The zero-order chi connectivity index (χ0) is 16.6. The van der Waals surface area contributed by atoms with Crippen molar-refractivity contribution in [3.63, 3.8) is 0 Å². The predicted molar refractivity (Wildman–Crippen MR) is 99.0 cm³/mol. The first-order valence-corrected chi connectivity index (χ1v) is 9.73. The first kappa shape index (κ1) is 16.2. The number of hydrogen-bond acceptors (Lipinski definition) is 2. The third-order valence-corrected chi connectivity index (χ3v) is 6.91. The van der Waals surface area contributed by atoms with Gasteiger partial charge >= 0.3 is 0 Å². The van der Waals surface area contributed by atoms with Crippen molar-refractivity contribution in [3.8, 4) is 5.75 Å². The fraction of sp³-hybridized carbons (Fsp3) is 0.636. The van der Waals surface area contributed by atoms with Gasteiger partial charge in [0.2, 0.25) is 0 Å². The first-order chi connectivity index (χ1) is 11.7. The van der Waals surface area contributed by atoms with Gasteiger partial charge in [0.1, 0.15) is 12.4 Å². The van der Waals surface area contributed by atoms with Gasteiger partial charge in [-0.3, -0.25) is 0 Å². The normalized spacial score (nSPS) is 35.0. The van der Waals surface area contributed by atoms with Crippen LogP contribution in [0.1, 0.15) is 51.0 Å². The summed E-state index contributed by atoms with van der Waals surface area (Å²) in [6.07, 6.45) is 10.8. The Hall–Kier alpha value is -1.28. The number of nitrogens with one attached hydrogen (secondary N) is 1. The first-order valence-electron chi connectivity index (χ1n) is 9.73. The molecule has 24 heavy (non-hydrogen) atoms. The van der Waals surface area contributed by atoms with Crippen LogP contribution in [0.3, 0.4) is 0 Å². The molecule has 0 amide bonds. The minimum atomic E-state index is 0.570. The van der Waals surface area contributed by atoms with Crippen LogP contribution in [0.25, 0.3) is 0 Å². The van der Waals surface area contributed by atoms with Crippen LogP contribution in [0.5, 0.6) is 5.75 Å². The summed E-state index contributed by atoms with van der Waals surface area (Å²) in [4.78, 5) is 0. The highest BCUT2D eigenvalue weighted by Crippen LogP contribution is 2.61. The van der Waals surface area contributed by atoms with Crippen molar-refractivity contribution >= 4 is 0 Å². The Morgan fingerprint density at radius 3 is 2.25 bits per heavy atom. The van der Waals surface area contributed by atoms with Crippen LogP contribution in [0.4, 0.5) is 0 Å². The molecule has 0 aromatic heterocycles. The molecule has 1 N–H and O–H groups in total. The zero-order valence-electron chi connectivity index (χ0n) is 15.0. The van der Waals surface area contributed by atoms with Crippen molar-refractivity contribution in [1.29, 1.82) is 0 Å². The molecule has 1 aromatic carbocycles. The van der Waals surface area contributed by atoms with E-state index in [9.17, 15) is 0 Å². The SMILES string of the molecule is C=CCOc1ccc(CN[C@@H](C)C23CC4CC(CC(C4)C2)C3)cc1. The maximum atomic E-state index is 5.56. The molecule has 1 atom stereocenters. The molecule has 0 radical (unpaired) electrons. The van der Waals surface area contributed by atoms with Gasteiger partial charge in [0.05, 0.1) is 0 Å². The number of ether oxygens (including phenoxy) is 1. The van der Waals surface area contributed by atoms with E-state index in [2.05, 4.69) is 43.1 Å². The van der Waals surface area contributed by atoms with E-state index in [0.29, 0.717) is 18.1 Å². The summed E-state index contributed by atoms with van der Waals surface area (Å²) >= 11 is 0. The largest absolute Gasteiger partial charge is 0.490 e. The van der Waals surface area contributed by atoms with Crippen molar-refractivity contribution in [2.24, 2.45) is 23.2 Å². The molecule has 0 unspecified atom stereocenters. The Morgan fingerprint density at radius 1 is 1.12 bits per heavy atom. The molecule has 4 aliphatic carbocycles. The molecule has 4 bridgehead atoms. The van der Waals surface area contributed by atoms with Gasteiger partial charge in [0, 0.05) is 12.6 Å². The van der Waals surface area contributed by atoms with Crippen LogP contribution in [0.2, 0.25) is 0 Å². The standard InChI is InChI=1S/C22H31NO/c1-3-8-24-21-6-4-17(5-7-21)15-23-16(2)22-12-18-9-19(13-22)11-20(10-18)14-22/h3-7,16,18-20,23H,1,8-15H2,2H3/t16-,18?,19?,20?,22?/m0/s1. The molecule has 4 saturated carbocycles. The van der Waals surface area contributed by atoms with E-state index >= 15 is 0 Å². The third-order valence-electron chi connectivity index (χ3n) is 6.91. The van der Waals surface area contributed by atoms with Crippen molar-refractivity contribution in [2.45, 2.75) is 58.0 Å². The molecule has 4 aliphatic rings. The topological polar surface area (TPSA) is 21.3 Å². The monoisotopic (exact) mass is 325 g/mol. The van der Waals surface area contributed by atoms with E-state index in [1.165, 1.54) is 44.1 Å². The minimum Gasteiger partial charge on any atom is -0.490 e. The molecule has 2 heteroatoms. The summed E-state index contributed by atoms with van der Waals surface area (Å²) < 4.78 is 5.56. The van der Waals surface area contributed by atoms with Crippen molar-refractivity contribution in [2.75, 3.05) is 6.61 Å². The van der Waals surface area contributed by atoms with Gasteiger partial charge < -0.3 is 10.1 Å². The second-order valence-corrected chi connectivity index (χ2v) is 8.63. The third kappa shape index (κ3) is 3.13. The second-order valence-electron chi connectivity index (χ2n) is 8.63. The molecule has 5 rings (SSSR count). The van der Waals surface area contributed by atoms with Gasteiger partial charge in [0.25, 0.3) is 0 Å². The van der Waals surface area contributed by atoms with Gasteiger partial charge in [-0.1, -0.05) is 24.8 Å². The van der Waals surface area contributed by atoms with Crippen LogP contribution in [-0.4, -0.2) is 12.6 Å². The van der Waals surface area contributed by atoms with Crippen molar-refractivity contribution in [3.05, 3.63) is 42.5 Å². The summed E-state index contributed by atoms with van der Waals surface area (Å²) in [5, 5.41) is 3.86. The lowest BCUT2D eigenvalue weighted by molar-refractivity contribution is -0.0706. The minimum absolute atomic E-state index is 0.570. The average Bonchev–Trinajstić information content (AvgIpc) is 2.57. The molecule has 0 aliphatic heterocycles. The maximum absolute atomic E-state index is 5.56. The Labute approximate surface area is 146 Å². The number of rotatable bonds is 7. The molecular weight excluding hydrogens is 294 g/mol. The molecule has 0 saturated heterocycles. The fourth-order valence-corrected chi connectivity index (χ4v) is 6.05. The Bertz CT molecular complexity index is 541. The number of benzene rings is 1. The van der Waals surface area contributed by atoms with E-state index < -0.39 is 0 Å². The second kappa shape index (κ2) is 6.55. The Balaban J connectivity index is 1.35. The average molecular weight is 325 g/mol. The smallest absolute Gasteiger partial charge is 0.119 e. The van der Waals surface area contributed by atoms with Crippen molar-refractivity contribution in [1.82, 2.24) is 5.32 Å². The van der Waals surface area contributed by atoms with Crippen LogP contribution < -0.4 is 10.1 Å². The maximum Gasteiger partial charge on any atom is 0.119 e. The van der Waals surface area contributed by atoms with Crippen LogP contribution in [0, 0.1) is 23.2 Å². The summed E-state index contributed by atoms with van der Waals surface area (Å²) in [6, 6.07) is 9.11. The van der Waals surface area contributed by atoms with E-state index in [-0.39, 0.29) is 0 Å². The van der Waals surface area contributed by atoms with E-state index in [1.807, 2.05) is 0 Å². The van der Waals surface area contributed by atoms with Crippen LogP contribution in [0.15, 0.2) is 36.9 Å². The van der Waals surface area contributed by atoms with Crippen LogP contribution in [-0.2, 0) is 6.54 Å². The lowest BCUT2D eigenvalue weighted by Crippen LogP contribution is -2.54. The van der Waals surface area contributed by atoms with Gasteiger partial charge in [-0.25, -0.2) is 0 Å². The molecule has 130 valence electrons. The van der Waals surface area contributed by atoms with E-state index in [1.54, 1.807) is 6.08 Å². The molecule has 4 fully saturated rings. The highest BCUT2D eigenvalue weighted by Gasteiger charge is 2.52. The molecule has 1 aromatic rings. The van der Waals surface area contributed by atoms with E-state index in [4.69, 9.17) is 4.74 Å². The molecule has 0 spiro atoms. The highest BCUT2D eigenvalue weighted by molar-refractivity contribution is 5.27. The fourth-order valence-electron chi connectivity index (χ4n) is 6.05. The molecule has 2 nitrogen and oxygen atoms in total. The lowest BCUT2D eigenvalue weighted by atomic mass is 9.48. The lowest BCUT2D eigenvalue weighted by Gasteiger charge is -2.59. The Morgan fingerprint density at radius 2 is 1.71 bits per heavy atom. The summed E-state index contributed by atoms with van der Waals surface area (Å²) in [7, 11) is 0. The zero-order valence-corrected chi connectivity index (χ0v) is 15.0. The molecular formula is C22H31NO. The summed E-state index contributed by atoms with van der Waals surface area (Å²) in [5.41, 5.74) is 1.93. The van der Waals surface area contributed by atoms with Gasteiger partial charge in [-0.2, -0.15) is 0 Å². The van der Waals surface area contributed by atoms with Gasteiger partial charge in [-0.05, 0) is 86.3 Å². The summed E-state index contributed by atoms with van der Waals surface area (Å²) in [5.74, 6) is 4.01. The molecule has 0 heterocycles.